The molecule has 0 radical (unpaired) electrons. The first-order valence-corrected chi connectivity index (χ1v) is 12.2. The molecule has 184 valence electrons. The molecule has 3 aromatic rings. The van der Waals surface area contributed by atoms with E-state index in [0.29, 0.717) is 21.7 Å². The highest BCUT2D eigenvalue weighted by Crippen LogP contribution is 2.31. The highest BCUT2D eigenvalue weighted by molar-refractivity contribution is 7.89. The summed E-state index contributed by atoms with van der Waals surface area (Å²) in [6, 6.07) is 17.4. The van der Waals surface area contributed by atoms with E-state index in [1.807, 2.05) is 0 Å². The van der Waals surface area contributed by atoms with Crippen molar-refractivity contribution < 1.29 is 26.4 Å². The molecule has 0 aliphatic rings. The van der Waals surface area contributed by atoms with Crippen LogP contribution in [0.25, 0.3) is 11.1 Å². The minimum Gasteiger partial charge on any atom is -0.347 e. The number of rotatable bonds is 7. The van der Waals surface area contributed by atoms with Crippen LogP contribution in [0.1, 0.15) is 18.1 Å². The van der Waals surface area contributed by atoms with Gasteiger partial charge in [0.1, 0.15) is 5.70 Å². The maximum absolute atomic E-state index is 12.9. The van der Waals surface area contributed by atoms with E-state index in [4.69, 9.17) is 11.6 Å². The smallest absolute Gasteiger partial charge is 0.347 e. The quantitative estimate of drug-likeness (QED) is 0.395. The molecule has 10 heteroatoms. The van der Waals surface area contributed by atoms with Crippen LogP contribution in [-0.2, 0) is 27.5 Å². The second-order valence-electron chi connectivity index (χ2n) is 7.56. The molecule has 1 N–H and O–H groups in total. The van der Waals surface area contributed by atoms with E-state index in [1.165, 1.54) is 49.5 Å². The molecular formula is C25H22ClF3N2O3S. The van der Waals surface area contributed by atoms with Crippen molar-refractivity contribution in [2.45, 2.75) is 24.5 Å². The topological polar surface area (TPSA) is 66.5 Å². The van der Waals surface area contributed by atoms with Crippen LogP contribution in [0.3, 0.4) is 0 Å². The molecule has 0 heterocycles. The van der Waals surface area contributed by atoms with Crippen molar-refractivity contribution in [3.05, 3.63) is 101 Å². The van der Waals surface area contributed by atoms with E-state index in [0.717, 1.165) is 16.4 Å². The van der Waals surface area contributed by atoms with Crippen molar-refractivity contribution in [3.8, 4) is 11.1 Å². The number of alkyl halides is 3. The van der Waals surface area contributed by atoms with Gasteiger partial charge in [0, 0.05) is 18.6 Å². The zero-order valence-electron chi connectivity index (χ0n) is 18.8. The summed E-state index contributed by atoms with van der Waals surface area (Å²) in [5, 5.41) is 3.07. The lowest BCUT2D eigenvalue weighted by Gasteiger charge is -2.22. The summed E-state index contributed by atoms with van der Waals surface area (Å²) in [6.07, 6.45) is -3.02. The average molecular weight is 523 g/mol. The SMILES string of the molecule is C/C=C(\C(=O)NCc1cccc(-c2ccc(C(F)(F)F)cc2)c1)N(C)S(=O)(=O)c1ccc(Cl)cc1. The first kappa shape index (κ1) is 26.3. The summed E-state index contributed by atoms with van der Waals surface area (Å²) in [4.78, 5) is 12.8. The Labute approximate surface area is 206 Å². The number of carbonyl (C=O) groups excluding carboxylic acids is 1. The third kappa shape index (κ3) is 6.23. The summed E-state index contributed by atoms with van der Waals surface area (Å²) in [7, 11) is -2.70. The van der Waals surface area contributed by atoms with E-state index in [-0.39, 0.29) is 17.1 Å². The summed E-state index contributed by atoms with van der Waals surface area (Å²) in [6.45, 7) is 1.63. The standard InChI is InChI=1S/C25H22ClF3N2O3S/c1-3-23(31(2)35(33,34)22-13-11-21(26)12-14-22)24(32)30-16-17-5-4-6-19(15-17)18-7-9-20(10-8-18)25(27,28)29/h3-15H,16H2,1-2H3,(H,30,32)/b23-3+. The van der Waals surface area contributed by atoms with E-state index >= 15 is 0 Å². The number of carbonyl (C=O) groups is 1. The molecule has 3 rings (SSSR count). The molecule has 0 aliphatic carbocycles. The van der Waals surface area contributed by atoms with Gasteiger partial charge in [-0.2, -0.15) is 13.2 Å². The first-order chi connectivity index (χ1) is 16.4. The Morgan fingerprint density at radius 3 is 2.20 bits per heavy atom. The van der Waals surface area contributed by atoms with E-state index in [2.05, 4.69) is 5.32 Å². The average Bonchev–Trinajstić information content (AvgIpc) is 2.83. The lowest BCUT2D eigenvalue weighted by molar-refractivity contribution is -0.137. The number of nitrogens with zero attached hydrogens (tertiary/aromatic N) is 1. The Bertz CT molecular complexity index is 1340. The van der Waals surface area contributed by atoms with Crippen molar-refractivity contribution in [2.24, 2.45) is 0 Å². The van der Waals surface area contributed by atoms with Crippen LogP contribution >= 0.6 is 11.6 Å². The maximum atomic E-state index is 12.9. The van der Waals surface area contributed by atoms with Crippen LogP contribution in [0, 0.1) is 0 Å². The van der Waals surface area contributed by atoms with Crippen LogP contribution in [0.4, 0.5) is 13.2 Å². The Balaban J connectivity index is 1.72. The fourth-order valence-corrected chi connectivity index (χ4v) is 4.70. The molecule has 3 aromatic carbocycles. The van der Waals surface area contributed by atoms with Gasteiger partial charge in [0.05, 0.1) is 10.5 Å². The van der Waals surface area contributed by atoms with Crippen LogP contribution in [-0.4, -0.2) is 25.7 Å². The van der Waals surface area contributed by atoms with Gasteiger partial charge in [-0.05, 0) is 66.1 Å². The van der Waals surface area contributed by atoms with Crippen molar-refractivity contribution in [1.29, 1.82) is 0 Å². The predicted molar refractivity (Wildman–Crippen MR) is 129 cm³/mol. The molecule has 0 saturated carbocycles. The minimum atomic E-state index is -4.41. The van der Waals surface area contributed by atoms with Crippen LogP contribution in [0.15, 0.2) is 89.5 Å². The Morgan fingerprint density at radius 1 is 1.00 bits per heavy atom. The van der Waals surface area contributed by atoms with Gasteiger partial charge in [-0.25, -0.2) is 8.42 Å². The maximum Gasteiger partial charge on any atom is 0.416 e. The van der Waals surface area contributed by atoms with Gasteiger partial charge in [-0.15, -0.1) is 0 Å². The highest BCUT2D eigenvalue weighted by Gasteiger charge is 2.30. The number of hydrogen-bond donors (Lipinski definition) is 1. The van der Waals surface area contributed by atoms with Crippen LogP contribution < -0.4 is 5.32 Å². The van der Waals surface area contributed by atoms with Crippen molar-refractivity contribution in [3.63, 3.8) is 0 Å². The van der Waals surface area contributed by atoms with Gasteiger partial charge >= 0.3 is 6.18 Å². The van der Waals surface area contributed by atoms with Crippen molar-refractivity contribution in [2.75, 3.05) is 7.05 Å². The number of amides is 1. The fourth-order valence-electron chi connectivity index (χ4n) is 3.34. The van der Waals surface area contributed by atoms with Gasteiger partial charge in [0.2, 0.25) is 0 Å². The Morgan fingerprint density at radius 2 is 1.63 bits per heavy atom. The minimum absolute atomic E-state index is 0.0132. The van der Waals surface area contributed by atoms with E-state index in [9.17, 15) is 26.4 Å². The number of hydrogen-bond acceptors (Lipinski definition) is 3. The third-order valence-corrected chi connectivity index (χ3v) is 7.28. The van der Waals surface area contributed by atoms with Crippen LogP contribution in [0.2, 0.25) is 5.02 Å². The zero-order valence-corrected chi connectivity index (χ0v) is 20.4. The Kier molecular flexibility index (Phi) is 7.92. The molecule has 0 unspecified atom stereocenters. The molecule has 5 nitrogen and oxygen atoms in total. The van der Waals surface area contributed by atoms with Crippen molar-refractivity contribution >= 4 is 27.5 Å². The van der Waals surface area contributed by atoms with Gasteiger partial charge in [-0.3, -0.25) is 9.10 Å². The number of allylic oxidation sites excluding steroid dienone is 1. The molecule has 1 amide bonds. The van der Waals surface area contributed by atoms with Crippen molar-refractivity contribution in [1.82, 2.24) is 9.62 Å². The third-order valence-electron chi connectivity index (χ3n) is 5.24. The normalized spacial score (nSPS) is 12.3. The van der Waals surface area contributed by atoms with E-state index in [1.54, 1.807) is 31.2 Å². The number of sulfonamides is 1. The molecule has 0 aliphatic heterocycles. The molecule has 35 heavy (non-hydrogen) atoms. The molecule has 0 saturated heterocycles. The number of nitrogens with one attached hydrogen (secondary N) is 1. The number of halogens is 4. The lowest BCUT2D eigenvalue weighted by atomic mass is 10.0. The van der Waals surface area contributed by atoms with Crippen LogP contribution in [0.5, 0.6) is 0 Å². The van der Waals surface area contributed by atoms with Gasteiger partial charge in [-0.1, -0.05) is 48.0 Å². The number of benzene rings is 3. The zero-order chi connectivity index (χ0) is 25.8. The molecule has 0 spiro atoms. The summed E-state index contributed by atoms with van der Waals surface area (Å²) < 4.78 is 65.1. The Hall–Kier alpha value is -3.30. The second kappa shape index (κ2) is 10.5. The molecular weight excluding hydrogens is 501 g/mol. The molecule has 0 bridgehead atoms. The van der Waals surface area contributed by atoms with Gasteiger partial charge in [0.25, 0.3) is 15.9 Å². The fraction of sp³-hybridized carbons (Fsp3) is 0.160. The lowest BCUT2D eigenvalue weighted by Crippen LogP contribution is -2.36. The van der Waals surface area contributed by atoms with Gasteiger partial charge in [0.15, 0.2) is 0 Å². The molecule has 0 aromatic heterocycles. The highest BCUT2D eigenvalue weighted by atomic mass is 35.5. The summed E-state index contributed by atoms with van der Waals surface area (Å²) in [5.74, 6) is -0.604. The van der Waals surface area contributed by atoms with E-state index < -0.39 is 27.7 Å². The van der Waals surface area contributed by atoms with Gasteiger partial charge < -0.3 is 5.32 Å². The first-order valence-electron chi connectivity index (χ1n) is 10.4. The molecule has 0 fully saturated rings. The second-order valence-corrected chi connectivity index (χ2v) is 9.96. The largest absolute Gasteiger partial charge is 0.416 e. The monoisotopic (exact) mass is 522 g/mol. The predicted octanol–water partition coefficient (Wildman–Crippen LogP) is 5.87. The molecule has 0 atom stereocenters. The number of likely N-dealkylation sites (N-methyl/N-ethyl adjacent to an activating group) is 1. The summed E-state index contributed by atoms with van der Waals surface area (Å²) in [5.41, 5.74) is 1.16. The summed E-state index contributed by atoms with van der Waals surface area (Å²) >= 11 is 5.83.